The van der Waals surface area contributed by atoms with Crippen molar-refractivity contribution in [3.8, 4) is 0 Å². The molecule has 1 heterocycles. The Hall–Kier alpha value is -1.06. The normalized spacial score (nSPS) is 51.9. The molecule has 1 aromatic rings. The largest absolute Gasteiger partial charge is 0.465 e. The molecule has 0 aliphatic heterocycles. The zero-order chi connectivity index (χ0) is 19.0. The molecule has 0 saturated heterocycles. The molecule has 0 spiro atoms. The predicted molar refractivity (Wildman–Crippen MR) is 106 cm³/mol. The third-order valence-electron chi connectivity index (χ3n) is 9.38. The van der Waals surface area contributed by atoms with E-state index in [1.807, 2.05) is 6.07 Å². The summed E-state index contributed by atoms with van der Waals surface area (Å²) in [5.41, 5.74) is 1.54. The molecule has 3 nitrogen and oxygen atoms in total. The Morgan fingerprint density at radius 3 is 2.59 bits per heavy atom. The Morgan fingerprint density at radius 2 is 1.85 bits per heavy atom. The van der Waals surface area contributed by atoms with Crippen LogP contribution in [-0.2, 0) is 0 Å². The van der Waals surface area contributed by atoms with Gasteiger partial charge in [0, 0.05) is 0 Å². The van der Waals surface area contributed by atoms with Crippen molar-refractivity contribution in [2.45, 2.75) is 71.5 Å². The summed E-state index contributed by atoms with van der Waals surface area (Å²) in [4.78, 5) is 0. The van der Waals surface area contributed by atoms with E-state index in [4.69, 9.17) is 4.42 Å². The molecule has 27 heavy (non-hydrogen) atoms. The number of fused-ring (bicyclic) bond motifs is 5. The van der Waals surface area contributed by atoms with Gasteiger partial charge in [-0.25, -0.2) is 0 Å². The van der Waals surface area contributed by atoms with E-state index in [0.717, 1.165) is 31.4 Å². The number of allylic oxidation sites excluding steroid dienone is 2. The average molecular weight is 371 g/mol. The van der Waals surface area contributed by atoms with Crippen LogP contribution in [0.2, 0.25) is 0 Å². The fraction of sp³-hybridized carbons (Fsp3) is 0.750. The van der Waals surface area contributed by atoms with Gasteiger partial charge in [0.1, 0.15) is 5.76 Å². The van der Waals surface area contributed by atoms with E-state index in [9.17, 15) is 10.2 Å². The number of furan rings is 1. The van der Waals surface area contributed by atoms with Gasteiger partial charge < -0.3 is 14.6 Å². The lowest BCUT2D eigenvalue weighted by Gasteiger charge is -2.63. The first-order valence-electron chi connectivity index (χ1n) is 11.0. The lowest BCUT2D eigenvalue weighted by atomic mass is 9.43. The third kappa shape index (κ3) is 2.34. The van der Waals surface area contributed by atoms with Crippen molar-refractivity contribution in [3.05, 3.63) is 30.2 Å². The Balaban J connectivity index is 1.51. The van der Waals surface area contributed by atoms with Gasteiger partial charge in [0.15, 0.2) is 0 Å². The summed E-state index contributed by atoms with van der Waals surface area (Å²) in [7, 11) is 0. The maximum atomic E-state index is 11.3. The van der Waals surface area contributed by atoms with Crippen molar-refractivity contribution in [2.24, 2.45) is 40.4 Å². The Morgan fingerprint density at radius 1 is 1.04 bits per heavy atom. The smallest absolute Gasteiger partial charge is 0.130 e. The second kappa shape index (κ2) is 5.97. The van der Waals surface area contributed by atoms with E-state index in [0.29, 0.717) is 17.8 Å². The van der Waals surface area contributed by atoms with E-state index in [1.54, 1.807) is 6.26 Å². The standard InChI is InChI=1S/C24H34O3/c1-14-8-10-24(3)17-9-11-23(2)15(19-5-4-12-27-19)6-7-16(23)20(17)22(26)21(25)18(24)13-14/h4-6,12,14,16-18,20-22,25-26H,7-11,13H2,1-3H3/t14-,16-,17-,18+,20?,21+,22?,23+,24+/m0/s1. The van der Waals surface area contributed by atoms with Crippen LogP contribution in [0, 0.1) is 40.4 Å². The van der Waals surface area contributed by atoms with Gasteiger partial charge in [-0.1, -0.05) is 33.3 Å². The van der Waals surface area contributed by atoms with Gasteiger partial charge in [0.2, 0.25) is 0 Å². The van der Waals surface area contributed by atoms with E-state index in [2.05, 4.69) is 32.9 Å². The van der Waals surface area contributed by atoms with Crippen LogP contribution < -0.4 is 0 Å². The predicted octanol–water partition coefficient (Wildman–Crippen LogP) is 4.89. The lowest BCUT2D eigenvalue weighted by molar-refractivity contribution is -0.212. The molecule has 4 aliphatic rings. The van der Waals surface area contributed by atoms with E-state index >= 15 is 0 Å². The second-order valence-corrected chi connectivity index (χ2v) is 10.6. The molecular weight excluding hydrogens is 336 g/mol. The highest BCUT2D eigenvalue weighted by Gasteiger charge is 2.63. The van der Waals surface area contributed by atoms with Crippen molar-refractivity contribution in [1.29, 1.82) is 0 Å². The molecule has 0 bridgehead atoms. The second-order valence-electron chi connectivity index (χ2n) is 10.6. The van der Waals surface area contributed by atoms with Gasteiger partial charge in [-0.15, -0.1) is 0 Å². The summed E-state index contributed by atoms with van der Waals surface area (Å²) in [6, 6.07) is 4.03. The van der Waals surface area contributed by atoms with Crippen molar-refractivity contribution >= 4 is 5.57 Å². The Kier molecular flexibility index (Phi) is 3.98. The van der Waals surface area contributed by atoms with E-state index in [1.165, 1.54) is 18.4 Å². The molecular formula is C24H34O3. The molecule has 5 rings (SSSR count). The minimum atomic E-state index is -0.590. The summed E-state index contributed by atoms with van der Waals surface area (Å²) in [6.45, 7) is 7.10. The fourth-order valence-electron chi connectivity index (χ4n) is 7.85. The van der Waals surface area contributed by atoms with E-state index in [-0.39, 0.29) is 22.7 Å². The quantitative estimate of drug-likeness (QED) is 0.740. The molecule has 3 heteroatoms. The monoisotopic (exact) mass is 370 g/mol. The maximum Gasteiger partial charge on any atom is 0.130 e. The topological polar surface area (TPSA) is 53.6 Å². The van der Waals surface area contributed by atoms with Crippen LogP contribution in [0.5, 0.6) is 0 Å². The zero-order valence-electron chi connectivity index (χ0n) is 16.9. The SMILES string of the molecule is C[C@H]1CC[C@@]2(C)[C@H](C1)[C@@H](O)C(O)C1[C@@H]2CC[C@]2(C)C(c3ccco3)=CC[C@@H]12. The van der Waals surface area contributed by atoms with Crippen molar-refractivity contribution in [2.75, 3.05) is 0 Å². The van der Waals surface area contributed by atoms with Crippen LogP contribution in [0.25, 0.3) is 5.57 Å². The number of aliphatic hydroxyl groups excluding tert-OH is 2. The first kappa shape index (κ1) is 18.0. The van der Waals surface area contributed by atoms with Crippen LogP contribution in [-0.4, -0.2) is 22.4 Å². The summed E-state index contributed by atoms with van der Waals surface area (Å²) in [5, 5.41) is 22.5. The van der Waals surface area contributed by atoms with Crippen LogP contribution in [0.15, 0.2) is 28.9 Å². The molecule has 0 amide bonds. The lowest BCUT2D eigenvalue weighted by Crippen LogP contribution is -2.63. The van der Waals surface area contributed by atoms with Crippen LogP contribution in [0.1, 0.15) is 65.1 Å². The van der Waals surface area contributed by atoms with Gasteiger partial charge in [0.05, 0.1) is 18.5 Å². The molecule has 9 atom stereocenters. The first-order chi connectivity index (χ1) is 12.9. The zero-order valence-corrected chi connectivity index (χ0v) is 16.9. The number of aliphatic hydroxyl groups is 2. The molecule has 4 aliphatic carbocycles. The highest BCUT2D eigenvalue weighted by atomic mass is 16.3. The molecule has 148 valence electrons. The highest BCUT2D eigenvalue weighted by Crippen LogP contribution is 2.67. The molecule has 2 N–H and O–H groups in total. The Labute approximate surface area is 162 Å². The third-order valence-corrected chi connectivity index (χ3v) is 9.38. The van der Waals surface area contributed by atoms with E-state index < -0.39 is 12.2 Å². The maximum absolute atomic E-state index is 11.3. The molecule has 3 saturated carbocycles. The van der Waals surface area contributed by atoms with Gasteiger partial charge >= 0.3 is 0 Å². The van der Waals surface area contributed by atoms with Crippen LogP contribution >= 0.6 is 0 Å². The minimum absolute atomic E-state index is 0.0465. The van der Waals surface area contributed by atoms with Crippen molar-refractivity contribution < 1.29 is 14.6 Å². The van der Waals surface area contributed by atoms with Crippen LogP contribution in [0.4, 0.5) is 0 Å². The first-order valence-corrected chi connectivity index (χ1v) is 11.0. The number of hydrogen-bond acceptors (Lipinski definition) is 3. The molecule has 2 unspecified atom stereocenters. The van der Waals surface area contributed by atoms with Gasteiger partial charge in [0.25, 0.3) is 0 Å². The molecule has 3 fully saturated rings. The Bertz CT molecular complexity index is 737. The van der Waals surface area contributed by atoms with Gasteiger partial charge in [-0.05, 0) is 90.2 Å². The molecule has 0 aromatic carbocycles. The summed E-state index contributed by atoms with van der Waals surface area (Å²) in [6.07, 6.45) is 9.77. The average Bonchev–Trinajstić information content (AvgIpc) is 3.27. The number of hydrogen-bond donors (Lipinski definition) is 2. The minimum Gasteiger partial charge on any atom is -0.465 e. The van der Waals surface area contributed by atoms with Gasteiger partial charge in [-0.3, -0.25) is 0 Å². The van der Waals surface area contributed by atoms with Crippen molar-refractivity contribution in [3.63, 3.8) is 0 Å². The highest BCUT2D eigenvalue weighted by molar-refractivity contribution is 5.69. The number of rotatable bonds is 1. The molecule has 0 radical (unpaired) electrons. The van der Waals surface area contributed by atoms with Crippen molar-refractivity contribution in [1.82, 2.24) is 0 Å². The summed E-state index contributed by atoms with van der Waals surface area (Å²) in [5.74, 6) is 3.01. The van der Waals surface area contributed by atoms with Crippen LogP contribution in [0.3, 0.4) is 0 Å². The summed E-state index contributed by atoms with van der Waals surface area (Å²) >= 11 is 0. The molecule has 1 aromatic heterocycles. The summed E-state index contributed by atoms with van der Waals surface area (Å²) < 4.78 is 5.75. The van der Waals surface area contributed by atoms with Gasteiger partial charge in [-0.2, -0.15) is 0 Å². The fourth-order valence-corrected chi connectivity index (χ4v) is 7.85.